The summed E-state index contributed by atoms with van der Waals surface area (Å²) >= 11 is 3.46. The molecule has 0 saturated carbocycles. The molecule has 3 nitrogen and oxygen atoms in total. The molecule has 0 saturated heterocycles. The van der Waals surface area contributed by atoms with Gasteiger partial charge in [0.2, 0.25) is 0 Å². The maximum absolute atomic E-state index is 12.5. The number of hydrogen-bond donors (Lipinski definition) is 0. The van der Waals surface area contributed by atoms with Gasteiger partial charge in [-0.05, 0) is 32.4 Å². The van der Waals surface area contributed by atoms with E-state index in [1.807, 2.05) is 39.0 Å². The fourth-order valence-electron chi connectivity index (χ4n) is 2.41. The van der Waals surface area contributed by atoms with Crippen LogP contribution in [-0.4, -0.2) is 17.9 Å². The second-order valence-corrected chi connectivity index (χ2v) is 5.91. The zero-order valence-corrected chi connectivity index (χ0v) is 14.2. The first-order chi connectivity index (χ1) is 9.95. The fourth-order valence-corrected chi connectivity index (χ4v) is 2.77. The van der Waals surface area contributed by atoms with Gasteiger partial charge in [0.1, 0.15) is 5.75 Å². The van der Waals surface area contributed by atoms with Crippen molar-refractivity contribution in [2.45, 2.75) is 27.2 Å². The molecular formula is C17H18BrNO2. The van der Waals surface area contributed by atoms with Gasteiger partial charge in [-0.3, -0.25) is 9.78 Å². The second-order valence-electron chi connectivity index (χ2n) is 5.06. The van der Waals surface area contributed by atoms with Gasteiger partial charge < -0.3 is 4.74 Å². The third-order valence-electron chi connectivity index (χ3n) is 3.65. The van der Waals surface area contributed by atoms with Crippen molar-refractivity contribution >= 4 is 21.7 Å². The van der Waals surface area contributed by atoms with E-state index in [-0.39, 0.29) is 12.2 Å². The molecule has 0 radical (unpaired) electrons. The molecule has 0 unspecified atom stereocenters. The minimum Gasteiger partial charge on any atom is -0.496 e. The van der Waals surface area contributed by atoms with Crippen molar-refractivity contribution in [1.29, 1.82) is 0 Å². The largest absolute Gasteiger partial charge is 0.496 e. The summed E-state index contributed by atoms with van der Waals surface area (Å²) in [5.74, 6) is 0.870. The Balaban J connectivity index is 2.34. The number of Topliss-reactive ketones (excluding diaryl/α,β-unsaturated/α-hetero) is 1. The smallest absolute Gasteiger partial charge is 0.169 e. The molecular weight excluding hydrogens is 330 g/mol. The topological polar surface area (TPSA) is 39.2 Å². The highest BCUT2D eigenvalue weighted by Crippen LogP contribution is 2.26. The standard InChI is InChI=1S/C17H18BrNO2/c1-10-9-19-15(12(3)17(10)21-4)8-16(20)13-6-5-7-14(18)11(13)2/h5-7,9H,8H2,1-4H3. The predicted octanol–water partition coefficient (Wildman–Crippen LogP) is 4.20. The number of aryl methyl sites for hydroxylation is 1. The molecule has 0 fully saturated rings. The van der Waals surface area contributed by atoms with E-state index >= 15 is 0 Å². The lowest BCUT2D eigenvalue weighted by molar-refractivity contribution is 0.0991. The Labute approximate surface area is 133 Å². The lowest BCUT2D eigenvalue weighted by Gasteiger charge is -2.12. The van der Waals surface area contributed by atoms with E-state index in [9.17, 15) is 4.79 Å². The first kappa shape index (κ1) is 15.7. The average Bonchev–Trinajstić information content (AvgIpc) is 2.45. The van der Waals surface area contributed by atoms with Gasteiger partial charge >= 0.3 is 0 Å². The lowest BCUT2D eigenvalue weighted by Crippen LogP contribution is -2.09. The van der Waals surface area contributed by atoms with Crippen molar-refractivity contribution in [1.82, 2.24) is 4.98 Å². The van der Waals surface area contributed by atoms with Crippen molar-refractivity contribution in [3.8, 4) is 5.75 Å². The Bertz CT molecular complexity index is 695. The molecule has 0 atom stereocenters. The number of ether oxygens (including phenoxy) is 1. The van der Waals surface area contributed by atoms with Crippen LogP contribution < -0.4 is 4.74 Å². The summed E-state index contributed by atoms with van der Waals surface area (Å²) in [5.41, 5.74) is 4.36. The number of aromatic nitrogens is 1. The highest BCUT2D eigenvalue weighted by molar-refractivity contribution is 9.10. The lowest BCUT2D eigenvalue weighted by atomic mass is 9.99. The number of benzene rings is 1. The molecule has 2 aromatic rings. The molecule has 21 heavy (non-hydrogen) atoms. The van der Waals surface area contributed by atoms with E-state index in [4.69, 9.17) is 4.74 Å². The van der Waals surface area contributed by atoms with Gasteiger partial charge in [0.25, 0.3) is 0 Å². The number of carbonyl (C=O) groups excluding carboxylic acids is 1. The molecule has 0 amide bonds. The van der Waals surface area contributed by atoms with Crippen molar-refractivity contribution < 1.29 is 9.53 Å². The van der Waals surface area contributed by atoms with Crippen molar-refractivity contribution in [2.24, 2.45) is 0 Å². The van der Waals surface area contributed by atoms with Crippen LogP contribution in [-0.2, 0) is 6.42 Å². The Morgan fingerprint density at radius 1 is 1.24 bits per heavy atom. The van der Waals surface area contributed by atoms with E-state index < -0.39 is 0 Å². The number of carbonyl (C=O) groups is 1. The monoisotopic (exact) mass is 347 g/mol. The third kappa shape index (κ3) is 3.16. The number of halogens is 1. The van der Waals surface area contributed by atoms with Crippen LogP contribution in [0.2, 0.25) is 0 Å². The molecule has 2 rings (SSSR count). The summed E-state index contributed by atoms with van der Waals surface area (Å²) in [7, 11) is 1.64. The van der Waals surface area contributed by atoms with Crippen molar-refractivity contribution in [3.05, 3.63) is 56.8 Å². The van der Waals surface area contributed by atoms with Gasteiger partial charge in [-0.15, -0.1) is 0 Å². The summed E-state index contributed by atoms with van der Waals surface area (Å²) in [6.07, 6.45) is 2.03. The molecule has 1 heterocycles. The Morgan fingerprint density at radius 3 is 2.62 bits per heavy atom. The minimum absolute atomic E-state index is 0.0651. The summed E-state index contributed by atoms with van der Waals surface area (Å²) in [6.45, 7) is 5.82. The molecule has 0 aliphatic carbocycles. The second kappa shape index (κ2) is 6.39. The van der Waals surface area contributed by atoms with E-state index in [0.717, 1.165) is 38.2 Å². The average molecular weight is 348 g/mol. The molecule has 1 aromatic heterocycles. The first-order valence-corrected chi connectivity index (χ1v) is 7.52. The molecule has 0 aliphatic heterocycles. The van der Waals surface area contributed by atoms with Gasteiger partial charge in [0.15, 0.2) is 5.78 Å². The summed E-state index contributed by atoms with van der Waals surface area (Å²) in [4.78, 5) is 16.9. The van der Waals surface area contributed by atoms with Crippen LogP contribution in [0, 0.1) is 20.8 Å². The minimum atomic E-state index is 0.0651. The van der Waals surface area contributed by atoms with Crippen molar-refractivity contribution in [2.75, 3.05) is 7.11 Å². The number of pyridine rings is 1. The molecule has 110 valence electrons. The van der Waals surface area contributed by atoms with Crippen LogP contribution in [0.4, 0.5) is 0 Å². The number of ketones is 1. The summed E-state index contributed by atoms with van der Waals surface area (Å²) in [5, 5.41) is 0. The number of methoxy groups -OCH3 is 1. The SMILES string of the molecule is COc1c(C)cnc(CC(=O)c2cccc(Br)c2C)c1C. The zero-order chi connectivity index (χ0) is 15.6. The molecule has 0 bridgehead atoms. The van der Waals surface area contributed by atoms with Crippen LogP contribution >= 0.6 is 15.9 Å². The van der Waals surface area contributed by atoms with Gasteiger partial charge in [-0.1, -0.05) is 28.1 Å². The summed E-state index contributed by atoms with van der Waals surface area (Å²) < 4.78 is 6.33. The van der Waals surface area contributed by atoms with Crippen molar-refractivity contribution in [3.63, 3.8) is 0 Å². The normalized spacial score (nSPS) is 10.5. The van der Waals surface area contributed by atoms with Crippen LogP contribution in [0.5, 0.6) is 5.75 Å². The van der Waals surface area contributed by atoms with Crippen LogP contribution in [0.25, 0.3) is 0 Å². The molecule has 0 spiro atoms. The molecule has 0 N–H and O–H groups in total. The predicted molar refractivity (Wildman–Crippen MR) is 87.2 cm³/mol. The zero-order valence-electron chi connectivity index (χ0n) is 12.7. The number of nitrogens with zero attached hydrogens (tertiary/aromatic N) is 1. The quantitative estimate of drug-likeness (QED) is 0.778. The Kier molecular flexibility index (Phi) is 4.78. The van der Waals surface area contributed by atoms with Crippen LogP contribution in [0.15, 0.2) is 28.9 Å². The van der Waals surface area contributed by atoms with E-state index in [0.29, 0.717) is 0 Å². The summed E-state index contributed by atoms with van der Waals surface area (Å²) in [6, 6.07) is 5.66. The Morgan fingerprint density at radius 2 is 1.95 bits per heavy atom. The van der Waals surface area contributed by atoms with E-state index in [2.05, 4.69) is 20.9 Å². The number of rotatable bonds is 4. The van der Waals surface area contributed by atoms with Gasteiger partial charge in [-0.25, -0.2) is 0 Å². The highest BCUT2D eigenvalue weighted by Gasteiger charge is 2.16. The molecule has 4 heteroatoms. The maximum Gasteiger partial charge on any atom is 0.169 e. The fraction of sp³-hybridized carbons (Fsp3) is 0.294. The molecule has 1 aromatic carbocycles. The first-order valence-electron chi connectivity index (χ1n) is 6.73. The molecule has 0 aliphatic rings. The Hall–Kier alpha value is -1.68. The van der Waals surface area contributed by atoms with Crippen LogP contribution in [0.3, 0.4) is 0 Å². The maximum atomic E-state index is 12.5. The highest BCUT2D eigenvalue weighted by atomic mass is 79.9. The van der Waals surface area contributed by atoms with E-state index in [1.54, 1.807) is 13.3 Å². The van der Waals surface area contributed by atoms with Gasteiger partial charge in [-0.2, -0.15) is 0 Å². The van der Waals surface area contributed by atoms with E-state index in [1.165, 1.54) is 0 Å². The third-order valence-corrected chi connectivity index (χ3v) is 4.50. The van der Waals surface area contributed by atoms with Gasteiger partial charge in [0.05, 0.1) is 19.2 Å². The van der Waals surface area contributed by atoms with Crippen LogP contribution in [0.1, 0.15) is 32.7 Å². The number of hydrogen-bond acceptors (Lipinski definition) is 3. The van der Waals surface area contributed by atoms with Gasteiger partial charge in [0, 0.05) is 27.4 Å².